The van der Waals surface area contributed by atoms with E-state index in [-0.39, 0.29) is 5.92 Å². The average molecular weight is 215 g/mol. The van der Waals surface area contributed by atoms with E-state index in [0.29, 0.717) is 11.7 Å². The summed E-state index contributed by atoms with van der Waals surface area (Å²) in [4.78, 5) is 12.4. The van der Waals surface area contributed by atoms with Crippen LogP contribution in [0.1, 0.15) is 47.5 Å². The molecular formula is C14H17NO. The zero-order valence-electron chi connectivity index (χ0n) is 9.62. The molecule has 2 aliphatic rings. The van der Waals surface area contributed by atoms with Crippen molar-refractivity contribution < 1.29 is 4.79 Å². The molecule has 1 fully saturated rings. The molecule has 2 aliphatic carbocycles. The number of fused-ring (bicyclic) bond motifs is 3. The zero-order chi connectivity index (χ0) is 11.1. The number of carbonyl (C=O) groups is 1. The first-order chi connectivity index (χ1) is 7.83. The first-order valence-electron chi connectivity index (χ1n) is 6.18. The molecule has 0 bridgehead atoms. The van der Waals surface area contributed by atoms with Gasteiger partial charge in [-0.3, -0.25) is 4.79 Å². The first kappa shape index (κ1) is 9.88. The van der Waals surface area contributed by atoms with Gasteiger partial charge < -0.3 is 5.32 Å². The van der Waals surface area contributed by atoms with Gasteiger partial charge in [0, 0.05) is 24.2 Å². The summed E-state index contributed by atoms with van der Waals surface area (Å²) in [6, 6.07) is 6.22. The molecule has 2 atom stereocenters. The summed E-state index contributed by atoms with van der Waals surface area (Å²) in [6.45, 7) is 0. The molecule has 1 N–H and O–H groups in total. The molecule has 0 radical (unpaired) electrons. The number of benzene rings is 1. The van der Waals surface area contributed by atoms with Gasteiger partial charge in [-0.05, 0) is 30.4 Å². The van der Waals surface area contributed by atoms with Crippen LogP contribution in [0.4, 0.5) is 5.69 Å². The summed E-state index contributed by atoms with van der Waals surface area (Å²) in [5.74, 6) is 1.16. The van der Waals surface area contributed by atoms with Crippen molar-refractivity contribution in [2.45, 2.75) is 31.6 Å². The molecule has 1 aromatic rings. The maximum Gasteiger partial charge on any atom is 0.168 e. The Morgan fingerprint density at radius 2 is 1.94 bits per heavy atom. The Hall–Kier alpha value is -1.31. The van der Waals surface area contributed by atoms with E-state index in [0.717, 1.165) is 17.7 Å². The van der Waals surface area contributed by atoms with Crippen LogP contribution in [0, 0.1) is 5.92 Å². The van der Waals surface area contributed by atoms with Crippen LogP contribution >= 0.6 is 0 Å². The van der Waals surface area contributed by atoms with Crippen LogP contribution in [-0.4, -0.2) is 12.8 Å². The van der Waals surface area contributed by atoms with E-state index >= 15 is 0 Å². The molecule has 0 aromatic heterocycles. The van der Waals surface area contributed by atoms with Gasteiger partial charge in [-0.1, -0.05) is 25.0 Å². The van der Waals surface area contributed by atoms with Crippen LogP contribution in [0.3, 0.4) is 0 Å². The highest BCUT2D eigenvalue weighted by atomic mass is 16.1. The number of hydrogen-bond acceptors (Lipinski definition) is 2. The molecular weight excluding hydrogens is 198 g/mol. The molecule has 84 valence electrons. The molecule has 2 heteroatoms. The normalized spacial score (nSPS) is 27.4. The summed E-state index contributed by atoms with van der Waals surface area (Å²) < 4.78 is 0. The third-order valence-corrected chi connectivity index (χ3v) is 4.11. The number of ketones is 1. The van der Waals surface area contributed by atoms with E-state index < -0.39 is 0 Å². The molecule has 0 aliphatic heterocycles. The van der Waals surface area contributed by atoms with Crippen molar-refractivity contribution in [3.8, 4) is 0 Å². The van der Waals surface area contributed by atoms with E-state index in [2.05, 4.69) is 17.4 Å². The molecule has 1 aromatic carbocycles. The van der Waals surface area contributed by atoms with Crippen LogP contribution in [-0.2, 0) is 0 Å². The fraction of sp³-hybridized carbons (Fsp3) is 0.500. The smallest absolute Gasteiger partial charge is 0.168 e. The van der Waals surface area contributed by atoms with Crippen molar-refractivity contribution >= 4 is 11.5 Å². The van der Waals surface area contributed by atoms with Crippen molar-refractivity contribution in [3.63, 3.8) is 0 Å². The van der Waals surface area contributed by atoms with E-state index in [9.17, 15) is 4.79 Å². The van der Waals surface area contributed by atoms with Crippen LogP contribution in [0.25, 0.3) is 0 Å². The van der Waals surface area contributed by atoms with Crippen LogP contribution in [0.15, 0.2) is 18.2 Å². The number of Topliss-reactive ketones (excluding diaryl/α,β-unsaturated/α-hetero) is 1. The molecule has 16 heavy (non-hydrogen) atoms. The lowest BCUT2D eigenvalue weighted by Crippen LogP contribution is -2.17. The number of rotatable bonds is 1. The largest absolute Gasteiger partial charge is 0.388 e. The quantitative estimate of drug-likeness (QED) is 0.779. The highest BCUT2D eigenvalue weighted by Crippen LogP contribution is 2.48. The van der Waals surface area contributed by atoms with Gasteiger partial charge in [0.25, 0.3) is 0 Å². The summed E-state index contributed by atoms with van der Waals surface area (Å²) in [6.07, 6.45) is 4.77. The SMILES string of the molecule is CNc1cccc2c1C(=O)C1CCCCC21. The standard InChI is InChI=1S/C14H17NO/c1-15-12-8-4-7-10-9-5-2-3-6-11(9)14(16)13(10)12/h4,7-9,11,15H,2-3,5-6H2,1H3. The van der Waals surface area contributed by atoms with Gasteiger partial charge in [-0.2, -0.15) is 0 Å². The third kappa shape index (κ3) is 1.22. The Labute approximate surface area is 96.1 Å². The van der Waals surface area contributed by atoms with Gasteiger partial charge in [0.2, 0.25) is 0 Å². The Kier molecular flexibility index (Phi) is 2.23. The minimum absolute atomic E-state index is 0.276. The van der Waals surface area contributed by atoms with E-state index in [1.54, 1.807) is 0 Å². The monoisotopic (exact) mass is 215 g/mol. The Morgan fingerprint density at radius 1 is 1.19 bits per heavy atom. The topological polar surface area (TPSA) is 29.1 Å². The summed E-state index contributed by atoms with van der Waals surface area (Å²) in [5, 5.41) is 3.15. The molecule has 0 saturated heterocycles. The number of hydrogen-bond donors (Lipinski definition) is 1. The maximum absolute atomic E-state index is 12.4. The van der Waals surface area contributed by atoms with Crippen molar-refractivity contribution in [2.75, 3.05) is 12.4 Å². The van der Waals surface area contributed by atoms with Crippen LogP contribution in [0.2, 0.25) is 0 Å². The molecule has 3 rings (SSSR count). The Balaban J connectivity index is 2.13. The second-order valence-corrected chi connectivity index (χ2v) is 4.88. The second kappa shape index (κ2) is 3.62. The van der Waals surface area contributed by atoms with Crippen molar-refractivity contribution in [1.29, 1.82) is 0 Å². The fourth-order valence-electron chi connectivity index (χ4n) is 3.36. The maximum atomic E-state index is 12.4. The van der Waals surface area contributed by atoms with E-state index in [1.165, 1.54) is 24.8 Å². The van der Waals surface area contributed by atoms with Crippen molar-refractivity contribution in [1.82, 2.24) is 0 Å². The van der Waals surface area contributed by atoms with Crippen molar-refractivity contribution in [3.05, 3.63) is 29.3 Å². The minimum atomic E-state index is 0.276. The minimum Gasteiger partial charge on any atom is -0.388 e. The number of anilines is 1. The van der Waals surface area contributed by atoms with E-state index in [4.69, 9.17) is 0 Å². The lowest BCUT2D eigenvalue weighted by Gasteiger charge is -2.24. The predicted molar refractivity (Wildman–Crippen MR) is 65.0 cm³/mol. The lowest BCUT2D eigenvalue weighted by atomic mass is 9.79. The van der Waals surface area contributed by atoms with Crippen LogP contribution < -0.4 is 5.32 Å². The average Bonchev–Trinajstić information content (AvgIpc) is 2.64. The van der Waals surface area contributed by atoms with Crippen molar-refractivity contribution in [2.24, 2.45) is 5.92 Å². The van der Waals surface area contributed by atoms with Gasteiger partial charge in [0.1, 0.15) is 0 Å². The summed E-state index contributed by atoms with van der Waals surface area (Å²) in [7, 11) is 1.89. The van der Waals surface area contributed by atoms with Gasteiger partial charge in [-0.25, -0.2) is 0 Å². The summed E-state index contributed by atoms with van der Waals surface area (Å²) >= 11 is 0. The molecule has 2 unspecified atom stereocenters. The van der Waals surface area contributed by atoms with Gasteiger partial charge in [-0.15, -0.1) is 0 Å². The van der Waals surface area contributed by atoms with E-state index in [1.807, 2.05) is 13.1 Å². The lowest BCUT2D eigenvalue weighted by molar-refractivity contribution is 0.0898. The number of carbonyl (C=O) groups excluding carboxylic acids is 1. The molecule has 1 saturated carbocycles. The fourth-order valence-corrected chi connectivity index (χ4v) is 3.36. The Morgan fingerprint density at radius 3 is 2.69 bits per heavy atom. The van der Waals surface area contributed by atoms with Gasteiger partial charge in [0.05, 0.1) is 0 Å². The molecule has 0 heterocycles. The predicted octanol–water partition coefficient (Wildman–Crippen LogP) is 3.20. The first-order valence-corrected chi connectivity index (χ1v) is 6.18. The Bertz CT molecular complexity index is 438. The molecule has 0 amide bonds. The molecule has 0 spiro atoms. The number of nitrogens with one attached hydrogen (secondary N) is 1. The highest BCUT2D eigenvalue weighted by Gasteiger charge is 2.41. The van der Waals surface area contributed by atoms with Crippen LogP contribution in [0.5, 0.6) is 0 Å². The zero-order valence-corrected chi connectivity index (χ0v) is 9.62. The highest BCUT2D eigenvalue weighted by molar-refractivity contribution is 6.07. The van der Waals surface area contributed by atoms with Gasteiger partial charge >= 0.3 is 0 Å². The second-order valence-electron chi connectivity index (χ2n) is 4.88. The molecule has 2 nitrogen and oxygen atoms in total. The third-order valence-electron chi connectivity index (χ3n) is 4.11. The summed E-state index contributed by atoms with van der Waals surface area (Å²) in [5.41, 5.74) is 3.28. The van der Waals surface area contributed by atoms with Gasteiger partial charge in [0.15, 0.2) is 5.78 Å².